The molecule has 1 amide bonds. The largest absolute Gasteiger partial charge is 0.271 e. The van der Waals surface area contributed by atoms with Gasteiger partial charge in [0.25, 0.3) is 21.6 Å². The van der Waals surface area contributed by atoms with Crippen LogP contribution < -0.4 is 9.73 Å². The Kier molecular flexibility index (Phi) is 7.19. The number of non-ortho nitro benzene ring substituents is 1. The smallest absolute Gasteiger partial charge is 0.269 e. The van der Waals surface area contributed by atoms with E-state index in [4.69, 9.17) is 0 Å². The van der Waals surface area contributed by atoms with Crippen molar-refractivity contribution in [1.29, 1.82) is 0 Å². The number of nitrogens with zero attached hydrogens (tertiary/aromatic N) is 3. The highest BCUT2D eigenvalue weighted by Gasteiger charge is 2.27. The lowest BCUT2D eigenvalue weighted by Gasteiger charge is -2.23. The van der Waals surface area contributed by atoms with Gasteiger partial charge in [-0.15, -0.1) is 0 Å². The van der Waals surface area contributed by atoms with E-state index >= 15 is 0 Å². The van der Waals surface area contributed by atoms with Gasteiger partial charge < -0.3 is 0 Å². The summed E-state index contributed by atoms with van der Waals surface area (Å²) in [6.45, 7) is 3.01. The van der Waals surface area contributed by atoms with Gasteiger partial charge in [-0.05, 0) is 55.8 Å². The minimum Gasteiger partial charge on any atom is -0.271 e. The van der Waals surface area contributed by atoms with Crippen molar-refractivity contribution in [2.75, 3.05) is 10.8 Å². The van der Waals surface area contributed by atoms with Crippen molar-refractivity contribution < 1.29 is 18.1 Å². The average Bonchev–Trinajstić information content (AvgIpc) is 2.82. The van der Waals surface area contributed by atoms with E-state index in [0.29, 0.717) is 17.0 Å². The number of hydrazone groups is 1. The summed E-state index contributed by atoms with van der Waals surface area (Å²) in [6, 6.07) is 20.3. The lowest BCUT2D eigenvalue weighted by atomic mass is 10.1. The first-order valence-electron chi connectivity index (χ1n) is 9.91. The number of sulfonamides is 1. The van der Waals surface area contributed by atoms with Gasteiger partial charge in [0.15, 0.2) is 0 Å². The Bertz CT molecular complexity index is 1270. The number of aryl methyl sites for hydroxylation is 1. The number of nitrogens with one attached hydrogen (secondary N) is 1. The molecule has 0 aliphatic heterocycles. The molecule has 0 spiro atoms. The summed E-state index contributed by atoms with van der Waals surface area (Å²) in [5.74, 6) is -0.642. The van der Waals surface area contributed by atoms with Gasteiger partial charge in [-0.25, -0.2) is 13.8 Å². The van der Waals surface area contributed by atoms with Crippen molar-refractivity contribution in [2.45, 2.75) is 18.7 Å². The van der Waals surface area contributed by atoms with Crippen LogP contribution in [0.25, 0.3) is 0 Å². The summed E-state index contributed by atoms with van der Waals surface area (Å²) in [7, 11) is -4.01. The quantitative estimate of drug-likeness (QED) is 0.309. The maximum absolute atomic E-state index is 13.3. The van der Waals surface area contributed by atoms with E-state index in [-0.39, 0.29) is 10.6 Å². The van der Waals surface area contributed by atoms with Crippen LogP contribution in [0, 0.1) is 17.0 Å². The van der Waals surface area contributed by atoms with E-state index in [9.17, 15) is 23.3 Å². The van der Waals surface area contributed by atoms with E-state index in [1.165, 1.54) is 36.4 Å². The summed E-state index contributed by atoms with van der Waals surface area (Å²) in [5.41, 5.74) is 4.58. The number of nitro benzene ring substituents is 1. The van der Waals surface area contributed by atoms with Crippen molar-refractivity contribution in [3.05, 3.63) is 100 Å². The fourth-order valence-corrected chi connectivity index (χ4v) is 4.39. The van der Waals surface area contributed by atoms with Crippen LogP contribution in [0.4, 0.5) is 11.4 Å². The summed E-state index contributed by atoms with van der Waals surface area (Å²) in [6.07, 6.45) is 0. The predicted octanol–water partition coefficient (Wildman–Crippen LogP) is 3.64. The molecule has 0 heterocycles. The highest BCUT2D eigenvalue weighted by atomic mass is 32.2. The van der Waals surface area contributed by atoms with Gasteiger partial charge in [0, 0.05) is 12.1 Å². The number of hydrogen-bond donors (Lipinski definition) is 1. The van der Waals surface area contributed by atoms with Crippen molar-refractivity contribution in [3.8, 4) is 0 Å². The molecule has 0 radical (unpaired) electrons. The molecule has 3 aromatic carbocycles. The summed E-state index contributed by atoms with van der Waals surface area (Å²) < 4.78 is 27.5. The first kappa shape index (κ1) is 23.6. The lowest BCUT2D eigenvalue weighted by Crippen LogP contribution is -2.39. The number of hydrogen-bond acceptors (Lipinski definition) is 6. The molecule has 0 saturated heterocycles. The van der Waals surface area contributed by atoms with Crippen LogP contribution in [0.3, 0.4) is 0 Å². The zero-order valence-corrected chi connectivity index (χ0v) is 18.8. The fourth-order valence-electron chi connectivity index (χ4n) is 2.95. The third kappa shape index (κ3) is 5.80. The van der Waals surface area contributed by atoms with Gasteiger partial charge >= 0.3 is 0 Å². The van der Waals surface area contributed by atoms with E-state index in [1.807, 2.05) is 6.92 Å². The molecule has 0 unspecified atom stereocenters. The van der Waals surface area contributed by atoms with Gasteiger partial charge in [-0.3, -0.25) is 19.2 Å². The Balaban J connectivity index is 1.82. The standard InChI is InChI=1S/C23H22N4O5S/c1-17-8-12-20(13-9-17)26(33(31,32)22-6-4-3-5-7-22)16-23(28)25-24-18(2)19-10-14-21(15-11-19)27(29)30/h3-15H,16H2,1-2H3,(H,25,28)/b24-18+. The van der Waals surface area contributed by atoms with Crippen LogP contribution >= 0.6 is 0 Å². The molecule has 9 nitrogen and oxygen atoms in total. The van der Waals surface area contributed by atoms with Gasteiger partial charge in [0.1, 0.15) is 6.54 Å². The van der Waals surface area contributed by atoms with E-state index in [2.05, 4.69) is 10.5 Å². The molecule has 10 heteroatoms. The molecule has 0 saturated carbocycles. The topological polar surface area (TPSA) is 122 Å². The fraction of sp³-hybridized carbons (Fsp3) is 0.130. The van der Waals surface area contributed by atoms with E-state index in [1.54, 1.807) is 49.4 Å². The number of carbonyl (C=O) groups is 1. The number of anilines is 1. The summed E-state index contributed by atoms with van der Waals surface area (Å²) >= 11 is 0. The van der Waals surface area contributed by atoms with Crippen LogP contribution in [0.15, 0.2) is 88.9 Å². The molecule has 3 aromatic rings. The van der Waals surface area contributed by atoms with Crippen LogP contribution in [0.1, 0.15) is 18.1 Å². The third-order valence-corrected chi connectivity index (χ3v) is 6.57. The number of amides is 1. The van der Waals surface area contributed by atoms with Crippen LogP contribution in [-0.2, 0) is 14.8 Å². The zero-order valence-electron chi connectivity index (χ0n) is 18.0. The maximum Gasteiger partial charge on any atom is 0.269 e. The Morgan fingerprint density at radius 3 is 2.18 bits per heavy atom. The second-order valence-corrected chi connectivity index (χ2v) is 9.06. The molecule has 0 atom stereocenters. The highest BCUT2D eigenvalue weighted by molar-refractivity contribution is 7.92. The summed E-state index contributed by atoms with van der Waals surface area (Å²) in [4.78, 5) is 23.0. The Labute approximate surface area is 191 Å². The maximum atomic E-state index is 13.3. The monoisotopic (exact) mass is 466 g/mol. The second-order valence-electron chi connectivity index (χ2n) is 7.20. The first-order chi connectivity index (χ1) is 15.7. The van der Waals surface area contributed by atoms with E-state index in [0.717, 1.165) is 9.87 Å². The molecular weight excluding hydrogens is 444 g/mol. The van der Waals surface area contributed by atoms with Gasteiger partial charge in [-0.1, -0.05) is 35.9 Å². The van der Waals surface area contributed by atoms with E-state index < -0.39 is 27.4 Å². The van der Waals surface area contributed by atoms with Crippen molar-refractivity contribution in [1.82, 2.24) is 5.43 Å². The molecule has 0 aliphatic carbocycles. The van der Waals surface area contributed by atoms with Crippen LogP contribution in [-0.4, -0.2) is 31.5 Å². The number of benzene rings is 3. The van der Waals surface area contributed by atoms with Crippen molar-refractivity contribution in [3.63, 3.8) is 0 Å². The Hall–Kier alpha value is -4.05. The Morgan fingerprint density at radius 2 is 1.61 bits per heavy atom. The minimum absolute atomic E-state index is 0.0592. The predicted molar refractivity (Wildman–Crippen MR) is 126 cm³/mol. The number of rotatable bonds is 8. The molecule has 0 fully saturated rings. The molecule has 170 valence electrons. The van der Waals surface area contributed by atoms with Gasteiger partial charge in [0.05, 0.1) is 21.2 Å². The third-order valence-electron chi connectivity index (χ3n) is 4.78. The Morgan fingerprint density at radius 1 is 1.00 bits per heavy atom. The molecule has 33 heavy (non-hydrogen) atoms. The average molecular weight is 467 g/mol. The zero-order chi connectivity index (χ0) is 24.0. The van der Waals surface area contributed by atoms with Gasteiger partial charge in [-0.2, -0.15) is 5.10 Å². The van der Waals surface area contributed by atoms with Crippen LogP contribution in [0.2, 0.25) is 0 Å². The molecule has 3 rings (SSSR count). The second kappa shape index (κ2) is 10.0. The first-order valence-corrected chi connectivity index (χ1v) is 11.3. The molecule has 0 bridgehead atoms. The summed E-state index contributed by atoms with van der Waals surface area (Å²) in [5, 5.41) is 14.8. The molecule has 0 aromatic heterocycles. The molecule has 1 N–H and O–H groups in total. The van der Waals surface area contributed by atoms with Crippen molar-refractivity contribution >= 4 is 33.0 Å². The van der Waals surface area contributed by atoms with Crippen molar-refractivity contribution in [2.24, 2.45) is 5.10 Å². The normalized spacial score (nSPS) is 11.6. The minimum atomic E-state index is -4.01. The SMILES string of the molecule is C/C(=N\NC(=O)CN(c1ccc(C)cc1)S(=O)(=O)c1ccccc1)c1ccc([N+](=O)[O-])cc1. The number of nitro groups is 1. The lowest BCUT2D eigenvalue weighted by molar-refractivity contribution is -0.384. The molecular formula is C23H22N4O5S. The number of carbonyl (C=O) groups excluding carboxylic acids is 1. The van der Waals surface area contributed by atoms with Gasteiger partial charge in [0.2, 0.25) is 0 Å². The van der Waals surface area contributed by atoms with Crippen LogP contribution in [0.5, 0.6) is 0 Å². The molecule has 0 aliphatic rings. The highest BCUT2D eigenvalue weighted by Crippen LogP contribution is 2.23.